The van der Waals surface area contributed by atoms with E-state index in [0.717, 1.165) is 52.2 Å². The quantitative estimate of drug-likeness (QED) is 0.793. The summed E-state index contributed by atoms with van der Waals surface area (Å²) in [6.07, 6.45) is 6.11. The first-order valence-corrected chi connectivity index (χ1v) is 9.68. The molecule has 3 aliphatic rings. The van der Waals surface area contributed by atoms with Crippen molar-refractivity contribution in [3.63, 3.8) is 0 Å². The lowest BCUT2D eigenvalue weighted by molar-refractivity contribution is 0.0318. The average molecular weight is 338 g/mol. The first-order valence-electron chi connectivity index (χ1n) is 9.68. The van der Waals surface area contributed by atoms with Crippen LogP contribution < -0.4 is 10.6 Å². The summed E-state index contributed by atoms with van der Waals surface area (Å²) < 4.78 is 5.38. The van der Waals surface area contributed by atoms with Crippen molar-refractivity contribution in [3.8, 4) is 0 Å². The Morgan fingerprint density at radius 3 is 2.54 bits per heavy atom. The highest BCUT2D eigenvalue weighted by Gasteiger charge is 2.36. The number of morpholine rings is 1. The number of hydrogen-bond acceptors (Lipinski definition) is 4. The van der Waals surface area contributed by atoms with Gasteiger partial charge in [0.2, 0.25) is 0 Å². The Morgan fingerprint density at radius 1 is 1.21 bits per heavy atom. The Labute approximate surface area is 146 Å². The van der Waals surface area contributed by atoms with Gasteiger partial charge in [0.25, 0.3) is 0 Å². The van der Waals surface area contributed by atoms with Crippen LogP contribution in [0.15, 0.2) is 0 Å². The number of piperidine rings is 2. The smallest absolute Gasteiger partial charge is 0.315 e. The second-order valence-corrected chi connectivity index (χ2v) is 7.94. The van der Waals surface area contributed by atoms with E-state index in [4.69, 9.17) is 4.74 Å². The average Bonchev–Trinajstić information content (AvgIpc) is 2.55. The van der Waals surface area contributed by atoms with Gasteiger partial charge < -0.3 is 20.3 Å². The SMILES string of the molecule is C[C@@H](CNC(=O)NC1C[C@H]2CCC[C@@H](C1)N2C)CN1CCOCC1. The van der Waals surface area contributed by atoms with Gasteiger partial charge >= 0.3 is 6.03 Å². The van der Waals surface area contributed by atoms with Crippen LogP contribution in [0.4, 0.5) is 4.79 Å². The number of carbonyl (C=O) groups is 1. The van der Waals surface area contributed by atoms with E-state index in [1.54, 1.807) is 0 Å². The van der Waals surface area contributed by atoms with Crippen LogP contribution in [0, 0.1) is 5.92 Å². The van der Waals surface area contributed by atoms with Crippen molar-refractivity contribution in [1.82, 2.24) is 20.4 Å². The number of rotatable bonds is 5. The normalized spacial score (nSPS) is 33.0. The lowest BCUT2D eigenvalue weighted by Gasteiger charge is -2.47. The molecule has 6 nitrogen and oxygen atoms in total. The molecule has 3 saturated heterocycles. The van der Waals surface area contributed by atoms with Crippen molar-refractivity contribution in [3.05, 3.63) is 0 Å². The van der Waals surface area contributed by atoms with Gasteiger partial charge in [-0.05, 0) is 38.6 Å². The molecule has 3 heterocycles. The maximum atomic E-state index is 12.2. The van der Waals surface area contributed by atoms with Crippen molar-refractivity contribution in [2.45, 2.75) is 57.2 Å². The maximum absolute atomic E-state index is 12.2. The Morgan fingerprint density at radius 2 is 1.88 bits per heavy atom. The standard InChI is InChI=1S/C18H34N4O2/c1-14(13-22-6-8-24-9-7-22)12-19-18(23)20-15-10-16-4-3-5-17(11-15)21(16)2/h14-17H,3-13H2,1-2H3,(H2,19,20,23)/t14-,15?,16-,17+/m0/s1. The van der Waals surface area contributed by atoms with Gasteiger partial charge in [-0.3, -0.25) is 4.90 Å². The monoisotopic (exact) mass is 338 g/mol. The fourth-order valence-electron chi connectivity index (χ4n) is 4.53. The summed E-state index contributed by atoms with van der Waals surface area (Å²) >= 11 is 0. The van der Waals surface area contributed by atoms with E-state index >= 15 is 0 Å². The van der Waals surface area contributed by atoms with Gasteiger partial charge in [-0.1, -0.05) is 13.3 Å². The summed E-state index contributed by atoms with van der Waals surface area (Å²) in [7, 11) is 2.25. The Hall–Kier alpha value is -0.850. The van der Waals surface area contributed by atoms with E-state index < -0.39 is 0 Å². The highest BCUT2D eigenvalue weighted by Crippen LogP contribution is 2.32. The Balaban J connectivity index is 1.35. The van der Waals surface area contributed by atoms with Gasteiger partial charge in [0, 0.05) is 44.3 Å². The lowest BCUT2D eigenvalue weighted by Crippen LogP contribution is -2.56. The first kappa shape index (κ1) is 18.0. The molecule has 3 fully saturated rings. The minimum atomic E-state index is 0.0106. The number of amides is 2. The third-order valence-corrected chi connectivity index (χ3v) is 5.96. The van der Waals surface area contributed by atoms with Crippen LogP contribution in [0.5, 0.6) is 0 Å². The molecule has 0 aromatic heterocycles. The number of carbonyl (C=O) groups excluding carboxylic acids is 1. The minimum Gasteiger partial charge on any atom is -0.379 e. The van der Waals surface area contributed by atoms with Crippen molar-refractivity contribution < 1.29 is 9.53 Å². The van der Waals surface area contributed by atoms with E-state index in [1.165, 1.54) is 19.3 Å². The number of nitrogens with one attached hydrogen (secondary N) is 2. The van der Waals surface area contributed by atoms with E-state index in [9.17, 15) is 4.79 Å². The number of ether oxygens (including phenoxy) is 1. The van der Waals surface area contributed by atoms with Crippen LogP contribution >= 0.6 is 0 Å². The fourth-order valence-corrected chi connectivity index (χ4v) is 4.53. The molecule has 24 heavy (non-hydrogen) atoms. The van der Waals surface area contributed by atoms with Crippen LogP contribution in [0.25, 0.3) is 0 Å². The molecule has 0 saturated carbocycles. The molecule has 2 bridgehead atoms. The zero-order valence-corrected chi connectivity index (χ0v) is 15.3. The van der Waals surface area contributed by atoms with Gasteiger partial charge in [0.15, 0.2) is 0 Å². The topological polar surface area (TPSA) is 56.8 Å². The number of fused-ring (bicyclic) bond motifs is 2. The molecule has 0 spiro atoms. The summed E-state index contributed by atoms with van der Waals surface area (Å²) in [6.45, 7) is 7.66. The van der Waals surface area contributed by atoms with E-state index in [-0.39, 0.29) is 6.03 Å². The molecule has 3 rings (SSSR count). The van der Waals surface area contributed by atoms with Crippen molar-refractivity contribution in [2.75, 3.05) is 46.4 Å². The first-order chi connectivity index (χ1) is 11.6. The summed E-state index contributed by atoms with van der Waals surface area (Å²) in [5.41, 5.74) is 0. The summed E-state index contributed by atoms with van der Waals surface area (Å²) in [6, 6.07) is 1.66. The van der Waals surface area contributed by atoms with Crippen LogP contribution in [0.2, 0.25) is 0 Å². The van der Waals surface area contributed by atoms with Gasteiger partial charge in [0.1, 0.15) is 0 Å². The number of urea groups is 1. The molecule has 3 aliphatic heterocycles. The molecule has 0 aliphatic carbocycles. The van der Waals surface area contributed by atoms with Gasteiger partial charge in [0.05, 0.1) is 13.2 Å². The maximum Gasteiger partial charge on any atom is 0.315 e. The molecule has 4 atom stereocenters. The number of nitrogens with zero attached hydrogens (tertiary/aromatic N) is 2. The molecule has 2 N–H and O–H groups in total. The lowest BCUT2D eigenvalue weighted by atomic mass is 9.82. The second kappa shape index (κ2) is 8.50. The number of hydrogen-bond donors (Lipinski definition) is 2. The third-order valence-electron chi connectivity index (χ3n) is 5.96. The largest absolute Gasteiger partial charge is 0.379 e. The van der Waals surface area contributed by atoms with Gasteiger partial charge in [-0.15, -0.1) is 0 Å². The molecule has 1 unspecified atom stereocenters. The zero-order chi connectivity index (χ0) is 16.9. The molecule has 0 aromatic carbocycles. The van der Waals surface area contributed by atoms with Crippen molar-refractivity contribution >= 4 is 6.03 Å². The molecule has 6 heteroatoms. The van der Waals surface area contributed by atoms with E-state index in [2.05, 4.69) is 34.4 Å². The van der Waals surface area contributed by atoms with Crippen LogP contribution in [-0.2, 0) is 4.74 Å². The minimum absolute atomic E-state index is 0.0106. The summed E-state index contributed by atoms with van der Waals surface area (Å²) in [5, 5.41) is 6.29. The van der Waals surface area contributed by atoms with E-state index in [0.29, 0.717) is 24.0 Å². The molecule has 2 amide bonds. The predicted octanol–water partition coefficient (Wildman–Crippen LogP) is 1.27. The van der Waals surface area contributed by atoms with Crippen LogP contribution in [-0.4, -0.2) is 80.4 Å². The Kier molecular flexibility index (Phi) is 6.36. The summed E-state index contributed by atoms with van der Waals surface area (Å²) in [5.74, 6) is 0.464. The van der Waals surface area contributed by atoms with E-state index in [1.807, 2.05) is 0 Å². The molecule has 0 aromatic rings. The molecule has 138 valence electrons. The fraction of sp³-hybridized carbons (Fsp3) is 0.944. The van der Waals surface area contributed by atoms with Crippen LogP contribution in [0.3, 0.4) is 0 Å². The highest BCUT2D eigenvalue weighted by atomic mass is 16.5. The second-order valence-electron chi connectivity index (χ2n) is 7.94. The molecular weight excluding hydrogens is 304 g/mol. The predicted molar refractivity (Wildman–Crippen MR) is 95.2 cm³/mol. The molecule has 0 radical (unpaired) electrons. The van der Waals surface area contributed by atoms with Crippen molar-refractivity contribution in [2.24, 2.45) is 5.92 Å². The summed E-state index contributed by atoms with van der Waals surface area (Å²) in [4.78, 5) is 17.2. The third kappa shape index (κ3) is 4.83. The van der Waals surface area contributed by atoms with Crippen molar-refractivity contribution in [1.29, 1.82) is 0 Å². The Bertz CT molecular complexity index is 400. The zero-order valence-electron chi connectivity index (χ0n) is 15.3. The highest BCUT2D eigenvalue weighted by molar-refractivity contribution is 5.74. The van der Waals surface area contributed by atoms with Crippen LogP contribution in [0.1, 0.15) is 39.0 Å². The van der Waals surface area contributed by atoms with Gasteiger partial charge in [-0.2, -0.15) is 0 Å². The van der Waals surface area contributed by atoms with Gasteiger partial charge in [-0.25, -0.2) is 4.79 Å². The molecular formula is C18H34N4O2.